The average Bonchev–Trinajstić information content (AvgIpc) is 2.44. The summed E-state index contributed by atoms with van der Waals surface area (Å²) in [5, 5.41) is 9.43. The maximum absolute atomic E-state index is 13.1. The highest BCUT2D eigenvalue weighted by atomic mass is 19.4. The van der Waals surface area contributed by atoms with Gasteiger partial charge in [0.2, 0.25) is 0 Å². The largest absolute Gasteiger partial charge is 0.478 e. The van der Waals surface area contributed by atoms with Gasteiger partial charge in [-0.05, 0) is 42.7 Å². The molecule has 0 radical (unpaired) electrons. The Morgan fingerprint density at radius 3 is 2.30 bits per heavy atom. The molecule has 2 aromatic carbocycles. The van der Waals surface area contributed by atoms with E-state index < -0.39 is 17.7 Å². The maximum atomic E-state index is 13.1. The van der Waals surface area contributed by atoms with Crippen molar-refractivity contribution in [2.24, 2.45) is 0 Å². The summed E-state index contributed by atoms with van der Waals surface area (Å²) >= 11 is 0. The molecule has 0 heterocycles. The third-order valence-corrected chi connectivity index (χ3v) is 3.47. The minimum atomic E-state index is -4.54. The van der Waals surface area contributed by atoms with Crippen molar-refractivity contribution in [3.05, 3.63) is 70.3 Å². The number of hydrogen-bond donors (Lipinski definition) is 1. The number of alkyl halides is 3. The van der Waals surface area contributed by atoms with E-state index in [1.54, 1.807) is 25.1 Å². The van der Waals surface area contributed by atoms with Gasteiger partial charge in [-0.2, -0.15) is 13.2 Å². The molecule has 0 bridgehead atoms. The van der Waals surface area contributed by atoms with Crippen LogP contribution >= 0.6 is 0 Å². The summed E-state index contributed by atoms with van der Waals surface area (Å²) in [7, 11) is 0. The first kappa shape index (κ1) is 16.8. The Balaban J connectivity index is 2.64. The van der Waals surface area contributed by atoms with Gasteiger partial charge in [0, 0.05) is 0 Å². The summed E-state index contributed by atoms with van der Waals surface area (Å²) in [4.78, 5) is 11.6. The van der Waals surface area contributed by atoms with Crippen molar-refractivity contribution in [2.45, 2.75) is 20.0 Å². The van der Waals surface area contributed by atoms with Crippen molar-refractivity contribution in [3.63, 3.8) is 0 Å². The number of benzene rings is 2. The Morgan fingerprint density at radius 1 is 1.09 bits per heavy atom. The topological polar surface area (TPSA) is 37.3 Å². The molecule has 0 spiro atoms. The standard InChI is InChI=1S/C18H15F3O2/c1-11-7-8-14(12(2)9-11)15(17(22)23)10-13-5-3-4-6-16(13)18(19,20)21/h3-10H,1-2H3,(H,22,23)/b15-10-. The molecule has 5 heteroatoms. The number of carbonyl (C=O) groups is 1. The number of hydrogen-bond acceptors (Lipinski definition) is 1. The van der Waals surface area contributed by atoms with Gasteiger partial charge in [-0.1, -0.05) is 42.0 Å². The summed E-state index contributed by atoms with van der Waals surface area (Å²) in [6.07, 6.45) is -3.47. The Kier molecular flexibility index (Phi) is 4.59. The molecule has 0 aromatic heterocycles. The average molecular weight is 320 g/mol. The van der Waals surface area contributed by atoms with Gasteiger partial charge in [0.1, 0.15) is 0 Å². The molecular weight excluding hydrogens is 305 g/mol. The van der Waals surface area contributed by atoms with Gasteiger partial charge in [0.15, 0.2) is 0 Å². The number of aryl methyl sites for hydroxylation is 2. The van der Waals surface area contributed by atoms with Gasteiger partial charge in [-0.3, -0.25) is 0 Å². The molecule has 120 valence electrons. The highest BCUT2D eigenvalue weighted by Gasteiger charge is 2.32. The first-order valence-electron chi connectivity index (χ1n) is 6.89. The van der Waals surface area contributed by atoms with Crippen LogP contribution in [0.4, 0.5) is 13.2 Å². The maximum Gasteiger partial charge on any atom is 0.416 e. The van der Waals surface area contributed by atoms with Crippen LogP contribution in [0.25, 0.3) is 11.6 Å². The molecule has 1 N–H and O–H groups in total. The molecule has 0 fully saturated rings. The van der Waals surface area contributed by atoms with Crippen LogP contribution in [0.2, 0.25) is 0 Å². The van der Waals surface area contributed by atoms with Crippen molar-refractivity contribution in [2.75, 3.05) is 0 Å². The summed E-state index contributed by atoms with van der Waals surface area (Å²) in [5.74, 6) is -1.27. The van der Waals surface area contributed by atoms with E-state index in [4.69, 9.17) is 0 Å². The lowest BCUT2D eigenvalue weighted by molar-refractivity contribution is -0.137. The molecular formula is C18H15F3O2. The fourth-order valence-corrected chi connectivity index (χ4v) is 2.41. The van der Waals surface area contributed by atoms with E-state index in [1.807, 2.05) is 6.92 Å². The fraction of sp³-hybridized carbons (Fsp3) is 0.167. The quantitative estimate of drug-likeness (QED) is 0.642. The second kappa shape index (κ2) is 6.28. The van der Waals surface area contributed by atoms with E-state index in [2.05, 4.69) is 0 Å². The molecule has 0 aliphatic carbocycles. The summed E-state index contributed by atoms with van der Waals surface area (Å²) < 4.78 is 39.2. The van der Waals surface area contributed by atoms with Crippen molar-refractivity contribution >= 4 is 17.6 Å². The first-order valence-corrected chi connectivity index (χ1v) is 6.89. The minimum Gasteiger partial charge on any atom is -0.478 e. The smallest absolute Gasteiger partial charge is 0.416 e. The second-order valence-electron chi connectivity index (χ2n) is 5.27. The first-order chi connectivity index (χ1) is 10.7. The molecule has 0 amide bonds. The molecule has 0 aliphatic heterocycles. The van der Waals surface area contributed by atoms with Crippen molar-refractivity contribution < 1.29 is 23.1 Å². The molecule has 0 unspecified atom stereocenters. The number of halogens is 3. The van der Waals surface area contributed by atoms with E-state index in [0.717, 1.165) is 17.7 Å². The Morgan fingerprint density at radius 2 is 1.74 bits per heavy atom. The van der Waals surface area contributed by atoms with Gasteiger partial charge in [-0.25, -0.2) is 4.79 Å². The summed E-state index contributed by atoms with van der Waals surface area (Å²) in [5.41, 5.74) is 0.856. The lowest BCUT2D eigenvalue weighted by Crippen LogP contribution is -2.08. The molecule has 2 aromatic rings. The molecule has 0 atom stereocenters. The highest BCUT2D eigenvalue weighted by molar-refractivity contribution is 6.21. The van der Waals surface area contributed by atoms with Crippen LogP contribution < -0.4 is 0 Å². The summed E-state index contributed by atoms with van der Waals surface area (Å²) in [6, 6.07) is 10.1. The van der Waals surface area contributed by atoms with Crippen molar-refractivity contribution in [3.8, 4) is 0 Å². The molecule has 23 heavy (non-hydrogen) atoms. The van der Waals surface area contributed by atoms with Crippen molar-refractivity contribution in [1.29, 1.82) is 0 Å². The van der Waals surface area contributed by atoms with Crippen LogP contribution in [0.3, 0.4) is 0 Å². The van der Waals surface area contributed by atoms with Crippen LogP contribution in [0.15, 0.2) is 42.5 Å². The van der Waals surface area contributed by atoms with Crippen LogP contribution in [0.5, 0.6) is 0 Å². The third kappa shape index (κ3) is 3.80. The number of carboxylic acid groups (broad SMARTS) is 1. The number of carboxylic acids is 1. The monoisotopic (exact) mass is 320 g/mol. The van der Waals surface area contributed by atoms with Gasteiger partial charge in [-0.15, -0.1) is 0 Å². The zero-order valence-electron chi connectivity index (χ0n) is 12.6. The Labute approximate surface area is 131 Å². The Hall–Kier alpha value is -2.56. The lowest BCUT2D eigenvalue weighted by atomic mass is 9.95. The minimum absolute atomic E-state index is 0.167. The van der Waals surface area contributed by atoms with Crippen LogP contribution in [-0.2, 0) is 11.0 Å². The molecule has 0 aliphatic rings. The zero-order chi connectivity index (χ0) is 17.2. The normalized spacial score (nSPS) is 12.3. The van der Waals surface area contributed by atoms with Gasteiger partial charge in [0.05, 0.1) is 11.1 Å². The highest BCUT2D eigenvalue weighted by Crippen LogP contribution is 2.34. The molecule has 0 saturated carbocycles. The lowest BCUT2D eigenvalue weighted by Gasteiger charge is -2.12. The Bertz CT molecular complexity index is 774. The van der Waals surface area contributed by atoms with Gasteiger partial charge < -0.3 is 5.11 Å². The van der Waals surface area contributed by atoms with Crippen molar-refractivity contribution in [1.82, 2.24) is 0 Å². The predicted octanol–water partition coefficient (Wildman–Crippen LogP) is 4.95. The predicted molar refractivity (Wildman–Crippen MR) is 82.9 cm³/mol. The molecule has 2 nitrogen and oxygen atoms in total. The van der Waals surface area contributed by atoms with E-state index in [-0.39, 0.29) is 11.1 Å². The summed E-state index contributed by atoms with van der Waals surface area (Å²) in [6.45, 7) is 3.59. The van der Waals surface area contributed by atoms with Crippen LogP contribution in [-0.4, -0.2) is 11.1 Å². The second-order valence-corrected chi connectivity index (χ2v) is 5.27. The number of aliphatic carboxylic acids is 1. The van der Waals surface area contributed by atoms with E-state index in [1.165, 1.54) is 18.2 Å². The SMILES string of the molecule is Cc1ccc(/C(=C/c2ccccc2C(F)(F)F)C(=O)O)c(C)c1. The van der Waals surface area contributed by atoms with Gasteiger partial charge >= 0.3 is 12.1 Å². The number of rotatable bonds is 3. The van der Waals surface area contributed by atoms with E-state index in [9.17, 15) is 23.1 Å². The zero-order valence-corrected chi connectivity index (χ0v) is 12.6. The van der Waals surface area contributed by atoms with Gasteiger partial charge in [0.25, 0.3) is 0 Å². The van der Waals surface area contributed by atoms with Crippen LogP contribution in [0.1, 0.15) is 27.8 Å². The van der Waals surface area contributed by atoms with E-state index in [0.29, 0.717) is 11.1 Å². The molecule has 2 rings (SSSR count). The van der Waals surface area contributed by atoms with E-state index >= 15 is 0 Å². The molecule has 0 saturated heterocycles. The van der Waals surface area contributed by atoms with Crippen LogP contribution in [0, 0.1) is 13.8 Å². The fourth-order valence-electron chi connectivity index (χ4n) is 2.41. The third-order valence-electron chi connectivity index (χ3n) is 3.47.